The van der Waals surface area contributed by atoms with Crippen molar-refractivity contribution in [2.45, 2.75) is 69.6 Å². The third-order valence-electron chi connectivity index (χ3n) is 9.99. The molecule has 44 heavy (non-hydrogen) atoms. The molecule has 8 heteroatoms. The van der Waals surface area contributed by atoms with Gasteiger partial charge in [-0.3, -0.25) is 9.69 Å². The summed E-state index contributed by atoms with van der Waals surface area (Å²) in [6.07, 6.45) is 1.86. The summed E-state index contributed by atoms with van der Waals surface area (Å²) in [7, 11) is 0. The molecule has 232 valence electrons. The van der Waals surface area contributed by atoms with Crippen molar-refractivity contribution in [3.8, 4) is 0 Å². The Bertz CT molecular complexity index is 1510. The molecule has 1 spiro atoms. The van der Waals surface area contributed by atoms with E-state index >= 15 is 0 Å². The minimum absolute atomic E-state index is 0.0331. The highest BCUT2D eigenvalue weighted by molar-refractivity contribution is 5.81. The summed E-state index contributed by atoms with van der Waals surface area (Å²) in [4.78, 5) is 31.1. The maximum atomic E-state index is 15.0. The van der Waals surface area contributed by atoms with Gasteiger partial charge in [0, 0.05) is 49.1 Å². The van der Waals surface area contributed by atoms with Crippen molar-refractivity contribution in [3.63, 3.8) is 0 Å². The lowest BCUT2D eigenvalue weighted by Gasteiger charge is -2.41. The van der Waals surface area contributed by atoms with Crippen LogP contribution in [0.3, 0.4) is 0 Å². The number of carbonyl (C=O) groups is 2. The number of hydrogen-bond donors (Lipinski definition) is 1. The van der Waals surface area contributed by atoms with Crippen LogP contribution in [0.1, 0.15) is 74.2 Å². The van der Waals surface area contributed by atoms with E-state index in [0.717, 1.165) is 36.5 Å². The monoisotopic (exact) mass is 601 g/mol. The van der Waals surface area contributed by atoms with Crippen molar-refractivity contribution in [3.05, 3.63) is 107 Å². The minimum atomic E-state index is -0.616. The molecule has 3 unspecified atom stereocenters. The number of likely N-dealkylation sites (tertiary alicyclic amines) is 2. The molecular weight excluding hydrogens is 560 g/mol. The van der Waals surface area contributed by atoms with Crippen LogP contribution in [0.2, 0.25) is 0 Å². The van der Waals surface area contributed by atoms with Gasteiger partial charge in [0.15, 0.2) is 0 Å². The second-order valence-corrected chi connectivity index (χ2v) is 13.6. The first kappa shape index (κ1) is 30.3. The third-order valence-corrected chi connectivity index (χ3v) is 9.99. The highest BCUT2D eigenvalue weighted by Gasteiger charge is 2.49. The number of nitrogens with zero attached hydrogens (tertiary/aromatic N) is 2. The van der Waals surface area contributed by atoms with Gasteiger partial charge < -0.3 is 15.0 Å². The standard InChI is InChI=1S/C36H41F2N3O3/c1-35(2,3)41-21-28(26-14-13-25(37)19-31(26)38)29(22-41)33(42)40-17-15-36(16-18-40)20-32(27-11-7-8-12-30(27)36)39-34(43)44-23-24-9-5-4-6-10-24/h4-14,19,28-29,32H,15-18,20-23H2,1-3H3,(H,39,43). The van der Waals surface area contributed by atoms with Crippen LogP contribution in [0, 0.1) is 17.6 Å². The molecular formula is C36H41F2N3O3. The van der Waals surface area contributed by atoms with Gasteiger partial charge in [-0.25, -0.2) is 13.6 Å². The number of piperidine rings is 1. The van der Waals surface area contributed by atoms with E-state index in [0.29, 0.717) is 31.7 Å². The van der Waals surface area contributed by atoms with Crippen LogP contribution < -0.4 is 5.32 Å². The van der Waals surface area contributed by atoms with E-state index in [9.17, 15) is 18.4 Å². The molecule has 2 heterocycles. The number of fused-ring (bicyclic) bond motifs is 2. The maximum Gasteiger partial charge on any atom is 0.407 e. The fourth-order valence-electron chi connectivity index (χ4n) is 7.51. The molecule has 0 radical (unpaired) electrons. The molecule has 2 fully saturated rings. The zero-order valence-corrected chi connectivity index (χ0v) is 25.7. The molecule has 2 amide bonds. The molecule has 1 aliphatic carbocycles. The van der Waals surface area contributed by atoms with Gasteiger partial charge in [-0.1, -0.05) is 60.7 Å². The Balaban J connectivity index is 1.15. The molecule has 2 saturated heterocycles. The van der Waals surface area contributed by atoms with Crippen molar-refractivity contribution >= 4 is 12.0 Å². The van der Waals surface area contributed by atoms with E-state index in [4.69, 9.17) is 4.74 Å². The lowest BCUT2D eigenvalue weighted by Crippen LogP contribution is -2.48. The Hall–Kier alpha value is -3.78. The number of amides is 2. The Morgan fingerprint density at radius 2 is 1.64 bits per heavy atom. The molecule has 3 aromatic rings. The number of carbonyl (C=O) groups excluding carboxylic acids is 2. The van der Waals surface area contributed by atoms with Crippen molar-refractivity contribution in [1.82, 2.24) is 15.1 Å². The Morgan fingerprint density at radius 3 is 2.34 bits per heavy atom. The molecule has 3 atom stereocenters. The van der Waals surface area contributed by atoms with Gasteiger partial charge in [0.05, 0.1) is 12.0 Å². The SMILES string of the molecule is CC(C)(C)N1CC(C(=O)N2CCC3(CC2)CC(NC(=O)OCc2ccccc2)c2ccccc23)C(c2ccc(F)cc2F)C1. The summed E-state index contributed by atoms with van der Waals surface area (Å²) >= 11 is 0. The Morgan fingerprint density at radius 1 is 0.932 bits per heavy atom. The first-order valence-corrected chi connectivity index (χ1v) is 15.6. The van der Waals surface area contributed by atoms with Crippen LogP contribution in [0.15, 0.2) is 72.8 Å². The highest BCUT2D eigenvalue weighted by Crippen LogP contribution is 2.51. The van der Waals surface area contributed by atoms with Gasteiger partial charge in [0.25, 0.3) is 0 Å². The average Bonchev–Trinajstić information content (AvgIpc) is 3.58. The number of ether oxygens (including phenoxy) is 1. The van der Waals surface area contributed by atoms with Crippen molar-refractivity contribution < 1.29 is 23.1 Å². The predicted molar refractivity (Wildman–Crippen MR) is 165 cm³/mol. The van der Waals surface area contributed by atoms with Crippen LogP contribution in [0.25, 0.3) is 0 Å². The van der Waals surface area contributed by atoms with Crippen molar-refractivity contribution in [1.29, 1.82) is 0 Å². The third kappa shape index (κ3) is 5.96. The van der Waals surface area contributed by atoms with E-state index in [1.165, 1.54) is 17.7 Å². The van der Waals surface area contributed by atoms with Crippen LogP contribution in [-0.4, -0.2) is 53.5 Å². The normalized spacial score (nSPS) is 23.0. The Kier molecular flexibility index (Phi) is 8.22. The smallest absolute Gasteiger partial charge is 0.407 e. The number of rotatable bonds is 5. The van der Waals surface area contributed by atoms with Gasteiger partial charge in [0.2, 0.25) is 5.91 Å². The molecule has 3 aromatic carbocycles. The molecule has 6 rings (SSSR count). The quantitative estimate of drug-likeness (QED) is 0.353. The summed E-state index contributed by atoms with van der Waals surface area (Å²) in [5.74, 6) is -1.93. The van der Waals surface area contributed by atoms with Gasteiger partial charge in [-0.15, -0.1) is 0 Å². The molecule has 1 N–H and O–H groups in total. The molecule has 3 aliphatic rings. The molecule has 0 aromatic heterocycles. The van der Waals surface area contributed by atoms with Gasteiger partial charge in [-0.2, -0.15) is 0 Å². The fraction of sp³-hybridized carbons (Fsp3) is 0.444. The lowest BCUT2D eigenvalue weighted by molar-refractivity contribution is -0.137. The molecule has 0 bridgehead atoms. The predicted octanol–water partition coefficient (Wildman–Crippen LogP) is 6.71. The fourth-order valence-corrected chi connectivity index (χ4v) is 7.51. The van der Waals surface area contributed by atoms with Crippen LogP contribution in [-0.2, 0) is 21.6 Å². The molecule has 2 aliphatic heterocycles. The minimum Gasteiger partial charge on any atom is -0.445 e. The summed E-state index contributed by atoms with van der Waals surface area (Å²) in [6, 6.07) is 21.4. The topological polar surface area (TPSA) is 61.9 Å². The number of nitrogens with one attached hydrogen (secondary N) is 1. The first-order chi connectivity index (χ1) is 21.0. The van der Waals surface area contributed by atoms with E-state index in [1.807, 2.05) is 47.4 Å². The number of alkyl carbamates (subject to hydrolysis) is 1. The van der Waals surface area contributed by atoms with Crippen molar-refractivity contribution in [2.75, 3.05) is 26.2 Å². The Labute approximate surface area is 258 Å². The molecule has 0 saturated carbocycles. The summed E-state index contributed by atoms with van der Waals surface area (Å²) in [5.41, 5.74) is 3.33. The number of hydrogen-bond acceptors (Lipinski definition) is 4. The summed E-state index contributed by atoms with van der Waals surface area (Å²) < 4.78 is 34.3. The number of halogens is 2. The highest BCUT2D eigenvalue weighted by atomic mass is 19.1. The van der Waals surface area contributed by atoms with Crippen LogP contribution in [0.4, 0.5) is 13.6 Å². The van der Waals surface area contributed by atoms with Crippen LogP contribution in [0.5, 0.6) is 0 Å². The van der Waals surface area contributed by atoms with Crippen LogP contribution >= 0.6 is 0 Å². The van der Waals surface area contributed by atoms with E-state index in [2.05, 4.69) is 43.1 Å². The molecule has 6 nitrogen and oxygen atoms in total. The van der Waals surface area contributed by atoms with Gasteiger partial charge in [-0.05, 0) is 68.4 Å². The lowest BCUT2D eigenvalue weighted by atomic mass is 9.73. The average molecular weight is 602 g/mol. The zero-order valence-electron chi connectivity index (χ0n) is 25.7. The van der Waals surface area contributed by atoms with E-state index in [1.54, 1.807) is 0 Å². The summed E-state index contributed by atoms with van der Waals surface area (Å²) in [6.45, 7) is 8.75. The largest absolute Gasteiger partial charge is 0.445 e. The van der Waals surface area contributed by atoms with E-state index in [-0.39, 0.29) is 35.4 Å². The zero-order chi connectivity index (χ0) is 31.1. The van der Waals surface area contributed by atoms with Gasteiger partial charge >= 0.3 is 6.09 Å². The number of benzene rings is 3. The van der Waals surface area contributed by atoms with Crippen molar-refractivity contribution in [2.24, 2.45) is 5.92 Å². The first-order valence-electron chi connectivity index (χ1n) is 15.6. The summed E-state index contributed by atoms with van der Waals surface area (Å²) in [5, 5.41) is 3.10. The maximum absolute atomic E-state index is 15.0. The van der Waals surface area contributed by atoms with Gasteiger partial charge in [0.1, 0.15) is 18.2 Å². The van der Waals surface area contributed by atoms with E-state index < -0.39 is 23.6 Å². The second kappa shape index (κ2) is 12.0. The second-order valence-electron chi connectivity index (χ2n) is 13.6.